The van der Waals surface area contributed by atoms with Crippen molar-refractivity contribution in [2.24, 2.45) is 0 Å². The van der Waals surface area contributed by atoms with Crippen LogP contribution in [-0.4, -0.2) is 18.4 Å². The molecular weight excluding hydrogens is 443 g/mol. The van der Waals surface area contributed by atoms with E-state index in [1.54, 1.807) is 35.2 Å². The van der Waals surface area contributed by atoms with E-state index in [0.717, 1.165) is 16.7 Å². The number of carbonyl (C=O) groups is 2. The maximum absolute atomic E-state index is 13.4. The van der Waals surface area contributed by atoms with Crippen molar-refractivity contribution in [1.82, 2.24) is 0 Å². The van der Waals surface area contributed by atoms with Crippen LogP contribution in [0.3, 0.4) is 0 Å². The standard InChI is InChI=1S/C29H23FN2O3/c30-23-13-11-20(12-14-23)18-32-25-16-15-24(17-26(25)35-19-27(32)33)31-29(34)28(21-7-3-1-4-8-21)22-9-5-2-6-10-22/h1-17,28H,18-19H2,(H,31,34). The maximum Gasteiger partial charge on any atom is 0.265 e. The molecule has 1 heterocycles. The molecule has 0 saturated carbocycles. The third-order valence-corrected chi connectivity index (χ3v) is 5.95. The first-order valence-electron chi connectivity index (χ1n) is 11.3. The van der Waals surface area contributed by atoms with Crippen LogP contribution in [0, 0.1) is 5.82 Å². The van der Waals surface area contributed by atoms with Gasteiger partial charge in [0.05, 0.1) is 18.2 Å². The van der Waals surface area contributed by atoms with E-state index in [9.17, 15) is 14.0 Å². The monoisotopic (exact) mass is 466 g/mol. The average molecular weight is 467 g/mol. The average Bonchev–Trinajstić information content (AvgIpc) is 2.88. The highest BCUT2D eigenvalue weighted by atomic mass is 19.1. The van der Waals surface area contributed by atoms with E-state index in [-0.39, 0.29) is 24.2 Å². The van der Waals surface area contributed by atoms with E-state index in [1.165, 1.54) is 12.1 Å². The molecule has 0 radical (unpaired) electrons. The second kappa shape index (κ2) is 9.81. The van der Waals surface area contributed by atoms with Crippen molar-refractivity contribution in [3.63, 3.8) is 0 Å². The molecule has 0 aromatic heterocycles. The fourth-order valence-electron chi connectivity index (χ4n) is 4.23. The second-order valence-electron chi connectivity index (χ2n) is 8.32. The van der Waals surface area contributed by atoms with E-state index in [1.807, 2.05) is 60.7 Å². The van der Waals surface area contributed by atoms with Crippen LogP contribution in [0.15, 0.2) is 103 Å². The van der Waals surface area contributed by atoms with Gasteiger partial charge < -0.3 is 15.0 Å². The number of carbonyl (C=O) groups excluding carboxylic acids is 2. The highest BCUT2D eigenvalue weighted by Gasteiger charge is 2.27. The number of hydrogen-bond acceptors (Lipinski definition) is 3. The molecule has 174 valence electrons. The zero-order valence-electron chi connectivity index (χ0n) is 18.9. The van der Waals surface area contributed by atoms with Crippen LogP contribution in [0.25, 0.3) is 0 Å². The predicted octanol–water partition coefficient (Wildman–Crippen LogP) is 5.52. The minimum Gasteiger partial charge on any atom is -0.481 e. The lowest BCUT2D eigenvalue weighted by atomic mass is 9.90. The van der Waals surface area contributed by atoms with Crippen molar-refractivity contribution in [2.45, 2.75) is 12.5 Å². The summed E-state index contributed by atoms with van der Waals surface area (Å²) < 4.78 is 18.9. The van der Waals surface area contributed by atoms with Crippen LogP contribution >= 0.6 is 0 Å². The molecule has 1 aliphatic heterocycles. The summed E-state index contributed by atoms with van der Waals surface area (Å²) in [6.45, 7) is 0.188. The molecule has 35 heavy (non-hydrogen) atoms. The van der Waals surface area contributed by atoms with E-state index in [2.05, 4.69) is 5.32 Å². The quantitative estimate of drug-likeness (QED) is 0.407. The number of halogens is 1. The molecule has 6 heteroatoms. The topological polar surface area (TPSA) is 58.6 Å². The van der Waals surface area contributed by atoms with E-state index < -0.39 is 5.92 Å². The number of nitrogens with one attached hydrogen (secondary N) is 1. The van der Waals surface area contributed by atoms with E-state index in [0.29, 0.717) is 23.7 Å². The lowest BCUT2D eigenvalue weighted by Gasteiger charge is -2.30. The van der Waals surface area contributed by atoms with Gasteiger partial charge in [0.25, 0.3) is 5.91 Å². The Kier molecular flexibility index (Phi) is 6.26. The van der Waals surface area contributed by atoms with Crippen LogP contribution in [0.2, 0.25) is 0 Å². The van der Waals surface area contributed by atoms with E-state index in [4.69, 9.17) is 4.74 Å². The number of nitrogens with zero attached hydrogens (tertiary/aromatic N) is 1. The lowest BCUT2D eigenvalue weighted by Crippen LogP contribution is -2.38. The number of rotatable bonds is 6. The maximum atomic E-state index is 13.4. The summed E-state index contributed by atoms with van der Waals surface area (Å²) in [5.41, 5.74) is 3.76. The molecule has 0 unspecified atom stereocenters. The Labute approximate surface area is 202 Å². The molecule has 5 nitrogen and oxygen atoms in total. The molecule has 4 aromatic rings. The van der Waals surface area contributed by atoms with Crippen molar-refractivity contribution < 1.29 is 18.7 Å². The summed E-state index contributed by atoms with van der Waals surface area (Å²) in [5.74, 6) is -0.664. The molecule has 0 atom stereocenters. The molecule has 1 N–H and O–H groups in total. The van der Waals surface area contributed by atoms with Crippen LogP contribution in [0.5, 0.6) is 5.75 Å². The van der Waals surface area contributed by atoms with Crippen molar-refractivity contribution in [1.29, 1.82) is 0 Å². The Morgan fingerprint density at radius 2 is 1.51 bits per heavy atom. The Hall–Kier alpha value is -4.45. The molecule has 1 aliphatic rings. The van der Waals surface area contributed by atoms with Crippen molar-refractivity contribution in [2.75, 3.05) is 16.8 Å². The summed E-state index contributed by atoms with van der Waals surface area (Å²) in [6, 6.07) is 30.5. The van der Waals surface area contributed by atoms with Gasteiger partial charge in [0.15, 0.2) is 6.61 Å². The first-order valence-corrected chi connectivity index (χ1v) is 11.3. The van der Waals surface area contributed by atoms with Crippen LogP contribution in [0.1, 0.15) is 22.6 Å². The minimum atomic E-state index is -0.481. The van der Waals surface area contributed by atoms with Gasteiger partial charge in [-0.05, 0) is 41.0 Å². The molecule has 4 aromatic carbocycles. The van der Waals surface area contributed by atoms with Crippen LogP contribution in [-0.2, 0) is 16.1 Å². The highest BCUT2D eigenvalue weighted by molar-refractivity contribution is 6.00. The number of fused-ring (bicyclic) bond motifs is 1. The van der Waals surface area contributed by atoms with Crippen molar-refractivity contribution in [3.8, 4) is 5.75 Å². The van der Waals surface area contributed by atoms with Gasteiger partial charge >= 0.3 is 0 Å². The molecular formula is C29H23FN2O3. The Balaban J connectivity index is 1.40. The zero-order chi connectivity index (χ0) is 24.2. The predicted molar refractivity (Wildman–Crippen MR) is 133 cm³/mol. The molecule has 2 amide bonds. The van der Waals surface area contributed by atoms with Gasteiger partial charge in [-0.15, -0.1) is 0 Å². The molecule has 0 aliphatic carbocycles. The summed E-state index contributed by atoms with van der Waals surface area (Å²) in [5, 5.41) is 3.01. The molecule has 0 saturated heterocycles. The zero-order valence-corrected chi connectivity index (χ0v) is 18.9. The van der Waals surface area contributed by atoms with Gasteiger partial charge in [-0.1, -0.05) is 72.8 Å². The van der Waals surface area contributed by atoms with Gasteiger partial charge in [-0.2, -0.15) is 0 Å². The summed E-state index contributed by atoms with van der Waals surface area (Å²) in [6.07, 6.45) is 0. The smallest absolute Gasteiger partial charge is 0.265 e. The normalized spacial score (nSPS) is 12.7. The van der Waals surface area contributed by atoms with Gasteiger partial charge in [0.2, 0.25) is 5.91 Å². The molecule has 0 fully saturated rings. The number of hydrogen-bond donors (Lipinski definition) is 1. The Morgan fingerprint density at radius 1 is 0.886 bits per heavy atom. The second-order valence-corrected chi connectivity index (χ2v) is 8.32. The fraction of sp³-hybridized carbons (Fsp3) is 0.103. The van der Waals surface area contributed by atoms with Crippen molar-refractivity contribution >= 4 is 23.2 Å². The third kappa shape index (κ3) is 4.92. The van der Waals surface area contributed by atoms with Crippen LogP contribution in [0.4, 0.5) is 15.8 Å². The number of anilines is 2. The molecule has 5 rings (SSSR count). The first-order chi connectivity index (χ1) is 17.1. The lowest BCUT2D eigenvalue weighted by molar-refractivity contribution is -0.121. The van der Waals surface area contributed by atoms with E-state index >= 15 is 0 Å². The fourth-order valence-corrected chi connectivity index (χ4v) is 4.23. The number of ether oxygens (including phenoxy) is 1. The largest absolute Gasteiger partial charge is 0.481 e. The number of benzene rings is 4. The summed E-state index contributed by atoms with van der Waals surface area (Å²) >= 11 is 0. The van der Waals surface area contributed by atoms with Gasteiger partial charge in [-0.25, -0.2) is 4.39 Å². The Morgan fingerprint density at radius 3 is 2.14 bits per heavy atom. The first kappa shape index (κ1) is 22.3. The van der Waals surface area contributed by atoms with Gasteiger partial charge in [0, 0.05) is 11.8 Å². The molecule has 0 bridgehead atoms. The SMILES string of the molecule is O=C(Nc1ccc2c(c1)OCC(=O)N2Cc1ccc(F)cc1)C(c1ccccc1)c1ccccc1. The van der Waals surface area contributed by atoms with Crippen LogP contribution < -0.4 is 15.0 Å². The third-order valence-electron chi connectivity index (χ3n) is 5.95. The van der Waals surface area contributed by atoms with Crippen molar-refractivity contribution in [3.05, 3.63) is 126 Å². The summed E-state index contributed by atoms with van der Waals surface area (Å²) in [7, 11) is 0. The Bertz CT molecular complexity index is 1300. The van der Waals surface area contributed by atoms with Gasteiger partial charge in [0.1, 0.15) is 11.6 Å². The highest BCUT2D eigenvalue weighted by Crippen LogP contribution is 2.36. The minimum absolute atomic E-state index is 0.109. The number of amides is 2. The summed E-state index contributed by atoms with van der Waals surface area (Å²) in [4.78, 5) is 27.6. The van der Waals surface area contributed by atoms with Gasteiger partial charge in [-0.3, -0.25) is 9.59 Å². The molecule has 0 spiro atoms.